The summed E-state index contributed by atoms with van der Waals surface area (Å²) in [4.78, 5) is 8.27. The van der Waals surface area contributed by atoms with Crippen LogP contribution in [-0.4, -0.2) is 49.0 Å². The first kappa shape index (κ1) is 15.5. The number of nitrogens with zero attached hydrogens (tertiary/aromatic N) is 5. The summed E-state index contributed by atoms with van der Waals surface area (Å²) in [5.74, 6) is 0.845. The molecule has 1 saturated heterocycles. The maximum absolute atomic E-state index is 10.3. The molecule has 0 aliphatic carbocycles. The van der Waals surface area contributed by atoms with Crippen LogP contribution in [0.25, 0.3) is 17.1 Å². The molecule has 0 amide bonds. The van der Waals surface area contributed by atoms with Gasteiger partial charge in [-0.15, -0.1) is 10.2 Å². The van der Waals surface area contributed by atoms with Crippen molar-refractivity contribution in [3.63, 3.8) is 0 Å². The Hall–Kier alpha value is -3.00. The molecule has 1 aliphatic heterocycles. The predicted molar refractivity (Wildman–Crippen MR) is 90.6 cm³/mol. The van der Waals surface area contributed by atoms with E-state index in [9.17, 15) is 5.11 Å². The van der Waals surface area contributed by atoms with Crippen molar-refractivity contribution in [2.45, 2.75) is 18.9 Å². The highest BCUT2D eigenvalue weighted by molar-refractivity contribution is 5.65. The predicted octanol–water partition coefficient (Wildman–Crippen LogP) is 1.56. The molecule has 0 radical (unpaired) electrons. The normalized spacial score (nSPS) is 15.2. The Bertz CT molecular complexity index is 829. The molecule has 128 valence electrons. The van der Waals surface area contributed by atoms with E-state index < -0.39 is 0 Å². The Balaban J connectivity index is 1.51. The van der Waals surface area contributed by atoms with Gasteiger partial charge >= 0.3 is 0 Å². The van der Waals surface area contributed by atoms with Crippen LogP contribution in [0.2, 0.25) is 0 Å². The van der Waals surface area contributed by atoms with Gasteiger partial charge in [-0.3, -0.25) is 0 Å². The first-order valence-electron chi connectivity index (χ1n) is 8.18. The van der Waals surface area contributed by atoms with Crippen LogP contribution >= 0.6 is 0 Å². The molecule has 0 saturated carbocycles. The number of rotatable bonds is 4. The second-order valence-corrected chi connectivity index (χ2v) is 5.86. The molecule has 25 heavy (non-hydrogen) atoms. The van der Waals surface area contributed by atoms with Gasteiger partial charge in [0.25, 0.3) is 5.88 Å². The Morgan fingerprint density at radius 2 is 2.08 bits per heavy atom. The topological polar surface area (TPSA) is 98.0 Å². The van der Waals surface area contributed by atoms with Crippen molar-refractivity contribution in [1.29, 1.82) is 0 Å². The fourth-order valence-corrected chi connectivity index (χ4v) is 2.81. The number of aromatic hydroxyl groups is 1. The van der Waals surface area contributed by atoms with Crippen LogP contribution in [0, 0.1) is 0 Å². The smallest absolute Gasteiger partial charge is 0.252 e. The Morgan fingerprint density at radius 1 is 1.20 bits per heavy atom. The first-order chi connectivity index (χ1) is 12.3. The van der Waals surface area contributed by atoms with Gasteiger partial charge < -0.3 is 19.7 Å². The van der Waals surface area contributed by atoms with Gasteiger partial charge in [-0.1, -0.05) is 0 Å². The summed E-state index contributed by atoms with van der Waals surface area (Å²) in [6.45, 7) is 1.89. The summed E-state index contributed by atoms with van der Waals surface area (Å²) in [6, 6.07) is 5.26. The minimum absolute atomic E-state index is 0.0834. The highest BCUT2D eigenvalue weighted by atomic mass is 16.5. The minimum atomic E-state index is 0.0834. The molecule has 1 aliphatic rings. The van der Waals surface area contributed by atoms with Gasteiger partial charge in [-0.2, -0.15) is 0 Å². The maximum atomic E-state index is 10.3. The number of benzene rings is 1. The molecule has 1 fully saturated rings. The van der Waals surface area contributed by atoms with Crippen molar-refractivity contribution in [3.05, 3.63) is 43.1 Å². The Morgan fingerprint density at radius 3 is 2.76 bits per heavy atom. The summed E-state index contributed by atoms with van der Waals surface area (Å²) in [6.07, 6.45) is 8.73. The molecule has 0 atom stereocenters. The molecule has 8 heteroatoms. The second-order valence-electron chi connectivity index (χ2n) is 5.86. The van der Waals surface area contributed by atoms with Crippen LogP contribution in [0.5, 0.6) is 11.6 Å². The highest BCUT2D eigenvalue weighted by Crippen LogP contribution is 2.28. The van der Waals surface area contributed by atoms with Gasteiger partial charge in [0.1, 0.15) is 11.9 Å². The van der Waals surface area contributed by atoms with E-state index in [1.165, 1.54) is 0 Å². The lowest BCUT2D eigenvalue weighted by Crippen LogP contribution is -2.34. The zero-order valence-electron chi connectivity index (χ0n) is 13.5. The Labute approximate surface area is 144 Å². The molecule has 4 rings (SSSR count). The molecule has 1 aromatic carbocycles. The molecular weight excluding hydrogens is 320 g/mol. The zero-order chi connectivity index (χ0) is 17.1. The average molecular weight is 338 g/mol. The van der Waals surface area contributed by atoms with Crippen LogP contribution < -0.4 is 10.1 Å². The van der Waals surface area contributed by atoms with Crippen molar-refractivity contribution < 1.29 is 9.84 Å². The van der Waals surface area contributed by atoms with E-state index in [2.05, 4.69) is 25.5 Å². The Kier molecular flexibility index (Phi) is 4.26. The number of nitrogens with one attached hydrogen (secondary N) is 1. The monoisotopic (exact) mass is 338 g/mol. The fraction of sp³-hybridized carbons (Fsp3) is 0.294. The van der Waals surface area contributed by atoms with Gasteiger partial charge in [0.15, 0.2) is 5.82 Å². The fourth-order valence-electron chi connectivity index (χ4n) is 2.81. The number of piperidine rings is 1. The summed E-state index contributed by atoms with van der Waals surface area (Å²) in [5.41, 5.74) is 1.32. The molecule has 2 N–H and O–H groups in total. The molecular formula is C17H18N6O2. The van der Waals surface area contributed by atoms with Crippen LogP contribution in [0.3, 0.4) is 0 Å². The number of hydrogen-bond donors (Lipinski definition) is 2. The van der Waals surface area contributed by atoms with E-state index in [-0.39, 0.29) is 11.9 Å². The average Bonchev–Trinajstić information content (AvgIpc) is 3.18. The number of imidazole rings is 1. The van der Waals surface area contributed by atoms with E-state index >= 15 is 0 Å². The molecule has 8 nitrogen and oxygen atoms in total. The minimum Gasteiger partial charge on any atom is -0.507 e. The van der Waals surface area contributed by atoms with Gasteiger partial charge in [-0.25, -0.2) is 9.97 Å². The lowest BCUT2D eigenvalue weighted by molar-refractivity contribution is 0.153. The summed E-state index contributed by atoms with van der Waals surface area (Å²) in [7, 11) is 0. The van der Waals surface area contributed by atoms with E-state index in [1.807, 2.05) is 6.07 Å². The van der Waals surface area contributed by atoms with Gasteiger partial charge in [0, 0.05) is 18.5 Å². The van der Waals surface area contributed by atoms with E-state index in [0.717, 1.165) is 31.6 Å². The lowest BCUT2D eigenvalue weighted by atomic mass is 10.1. The number of phenols is 1. The summed E-state index contributed by atoms with van der Waals surface area (Å²) < 4.78 is 7.60. The van der Waals surface area contributed by atoms with Crippen molar-refractivity contribution in [1.82, 2.24) is 30.0 Å². The molecule has 2 aromatic heterocycles. The van der Waals surface area contributed by atoms with Crippen molar-refractivity contribution >= 4 is 0 Å². The zero-order valence-corrected chi connectivity index (χ0v) is 13.5. The van der Waals surface area contributed by atoms with E-state index in [4.69, 9.17) is 4.74 Å². The van der Waals surface area contributed by atoms with Gasteiger partial charge in [-0.05, 0) is 38.1 Å². The molecule has 0 spiro atoms. The van der Waals surface area contributed by atoms with Crippen LogP contribution in [-0.2, 0) is 0 Å². The third-order valence-electron chi connectivity index (χ3n) is 4.14. The second kappa shape index (κ2) is 6.86. The quantitative estimate of drug-likeness (QED) is 0.745. The highest BCUT2D eigenvalue weighted by Gasteiger charge is 2.16. The molecule has 3 heterocycles. The number of hydrogen-bond acceptors (Lipinski definition) is 7. The van der Waals surface area contributed by atoms with E-state index in [0.29, 0.717) is 17.3 Å². The van der Waals surface area contributed by atoms with Gasteiger partial charge in [0.2, 0.25) is 0 Å². The number of aromatic nitrogens is 5. The van der Waals surface area contributed by atoms with Crippen molar-refractivity contribution in [2.75, 3.05) is 13.1 Å². The third kappa shape index (κ3) is 3.43. The van der Waals surface area contributed by atoms with Crippen LogP contribution in [0.15, 0.2) is 43.1 Å². The standard InChI is InChI=1S/C17H18N6O2/c24-15-9-12(23-8-7-19-11-23)1-2-14(15)17-20-10-16(21-22-17)25-13-3-5-18-6-4-13/h1-2,7-11,13,18,24H,3-6H2. The molecule has 3 aromatic rings. The van der Waals surface area contributed by atoms with E-state index in [1.54, 1.807) is 41.6 Å². The summed E-state index contributed by atoms with van der Waals surface area (Å²) in [5, 5.41) is 21.7. The maximum Gasteiger partial charge on any atom is 0.252 e. The van der Waals surface area contributed by atoms with Crippen molar-refractivity contribution in [3.8, 4) is 28.7 Å². The first-order valence-corrected chi connectivity index (χ1v) is 8.18. The molecule has 0 unspecified atom stereocenters. The van der Waals surface area contributed by atoms with Crippen LogP contribution in [0.4, 0.5) is 0 Å². The molecule has 0 bridgehead atoms. The SMILES string of the molecule is Oc1cc(-n2ccnc2)ccc1-c1ncc(OC2CCNCC2)nn1. The number of ether oxygens (including phenoxy) is 1. The number of phenolic OH excluding ortho intramolecular Hbond substituents is 1. The van der Waals surface area contributed by atoms with Gasteiger partial charge in [0.05, 0.1) is 23.8 Å². The van der Waals surface area contributed by atoms with Crippen LogP contribution in [0.1, 0.15) is 12.8 Å². The largest absolute Gasteiger partial charge is 0.507 e. The van der Waals surface area contributed by atoms with Crippen molar-refractivity contribution in [2.24, 2.45) is 0 Å². The summed E-state index contributed by atoms with van der Waals surface area (Å²) >= 11 is 0. The third-order valence-corrected chi connectivity index (χ3v) is 4.14. The lowest BCUT2D eigenvalue weighted by Gasteiger charge is -2.22.